The summed E-state index contributed by atoms with van der Waals surface area (Å²) in [6, 6.07) is 14.2. The Labute approximate surface area is 158 Å². The van der Waals surface area contributed by atoms with Crippen molar-refractivity contribution in [3.05, 3.63) is 82.2 Å². The fourth-order valence-corrected chi connectivity index (χ4v) is 2.80. The zero-order valence-corrected chi connectivity index (χ0v) is 15.2. The van der Waals surface area contributed by atoms with Gasteiger partial charge in [0.15, 0.2) is 0 Å². The van der Waals surface area contributed by atoms with Crippen LogP contribution in [-0.4, -0.2) is 12.2 Å². The van der Waals surface area contributed by atoms with Crippen LogP contribution < -0.4 is 10.4 Å². The average Bonchev–Trinajstić information content (AvgIpc) is 2.68. The Morgan fingerprint density at radius 2 is 1.63 bits per heavy atom. The molecule has 0 unspecified atom stereocenters. The summed E-state index contributed by atoms with van der Waals surface area (Å²) >= 11 is 0. The molecule has 0 fully saturated rings. The minimum absolute atomic E-state index is 0.283. The summed E-state index contributed by atoms with van der Waals surface area (Å²) in [6.45, 7) is 0. The van der Waals surface area contributed by atoms with Crippen LogP contribution in [0.1, 0.15) is 30.4 Å². The Morgan fingerprint density at radius 3 is 2.33 bits per heavy atom. The molecule has 0 radical (unpaired) electrons. The molecule has 1 aromatic heterocycles. The highest BCUT2D eigenvalue weighted by atomic mass is 16.5. The number of hydrogen-bond donors (Lipinski definition) is 1. The molecular weight excluding hydrogens is 340 g/mol. The van der Waals surface area contributed by atoms with Gasteiger partial charge in [0.1, 0.15) is 17.1 Å². The number of phenols is 1. The van der Waals surface area contributed by atoms with E-state index in [0.29, 0.717) is 11.3 Å². The summed E-state index contributed by atoms with van der Waals surface area (Å²) in [5.74, 6) is 0.807. The van der Waals surface area contributed by atoms with Crippen LogP contribution >= 0.6 is 0 Å². The van der Waals surface area contributed by atoms with E-state index >= 15 is 0 Å². The summed E-state index contributed by atoms with van der Waals surface area (Å²) in [5.41, 5.74) is 2.23. The second-order valence-electron chi connectivity index (χ2n) is 6.22. The van der Waals surface area contributed by atoms with Crippen LogP contribution in [0, 0.1) is 0 Å². The van der Waals surface area contributed by atoms with Gasteiger partial charge in [-0.1, -0.05) is 42.5 Å². The van der Waals surface area contributed by atoms with Gasteiger partial charge in [0.25, 0.3) is 0 Å². The molecule has 3 aromatic rings. The standard InChI is InChI=1S/C23H22O4/c1-26-22-16-23(25)27-21-14-11-18(15-20(21)22)8-6-4-2-3-5-7-17-9-12-19(24)13-10-17/h5-16,24H,2-4H2,1H3/b7-5+,8-6+. The van der Waals surface area contributed by atoms with E-state index in [0.717, 1.165) is 35.8 Å². The highest BCUT2D eigenvalue weighted by Crippen LogP contribution is 2.25. The lowest BCUT2D eigenvalue weighted by atomic mass is 10.1. The third-order valence-corrected chi connectivity index (χ3v) is 4.20. The normalized spacial score (nSPS) is 11.6. The van der Waals surface area contributed by atoms with Crippen molar-refractivity contribution in [3.63, 3.8) is 0 Å². The molecule has 4 heteroatoms. The number of ether oxygens (including phenoxy) is 1. The smallest absolute Gasteiger partial charge is 0.339 e. The molecule has 138 valence electrons. The maximum absolute atomic E-state index is 11.5. The molecule has 27 heavy (non-hydrogen) atoms. The van der Waals surface area contributed by atoms with Crippen molar-refractivity contribution in [2.75, 3.05) is 7.11 Å². The summed E-state index contributed by atoms with van der Waals surface area (Å²) < 4.78 is 10.5. The highest BCUT2D eigenvalue weighted by molar-refractivity contribution is 5.85. The van der Waals surface area contributed by atoms with Crippen molar-refractivity contribution in [3.8, 4) is 11.5 Å². The molecule has 0 aliphatic carbocycles. The Kier molecular flexibility index (Phi) is 6.10. The van der Waals surface area contributed by atoms with E-state index < -0.39 is 5.63 Å². The maximum atomic E-state index is 11.5. The quantitative estimate of drug-likeness (QED) is 0.451. The molecule has 0 saturated heterocycles. The number of aromatic hydroxyl groups is 1. The SMILES string of the molecule is COc1cc(=O)oc2ccc(/C=C/CCC/C=C/c3ccc(O)cc3)cc12. The average molecular weight is 362 g/mol. The van der Waals surface area contributed by atoms with Crippen LogP contribution in [0.25, 0.3) is 23.1 Å². The minimum Gasteiger partial charge on any atom is -0.508 e. The lowest BCUT2D eigenvalue weighted by Crippen LogP contribution is -1.98. The molecule has 0 atom stereocenters. The van der Waals surface area contributed by atoms with Crippen molar-refractivity contribution in [1.29, 1.82) is 0 Å². The fraction of sp³-hybridized carbons (Fsp3) is 0.174. The lowest BCUT2D eigenvalue weighted by molar-refractivity contribution is 0.413. The molecule has 0 aliphatic heterocycles. The van der Waals surface area contributed by atoms with Gasteiger partial charge in [-0.2, -0.15) is 0 Å². The molecule has 3 rings (SSSR count). The highest BCUT2D eigenvalue weighted by Gasteiger charge is 2.05. The topological polar surface area (TPSA) is 59.7 Å². The zero-order valence-electron chi connectivity index (χ0n) is 15.2. The van der Waals surface area contributed by atoms with Crippen LogP contribution in [0.4, 0.5) is 0 Å². The number of rotatable bonds is 7. The molecule has 0 bridgehead atoms. The fourth-order valence-electron chi connectivity index (χ4n) is 2.80. The Hall–Kier alpha value is -3.27. The minimum atomic E-state index is -0.414. The molecule has 0 saturated carbocycles. The van der Waals surface area contributed by atoms with Crippen LogP contribution in [0.5, 0.6) is 11.5 Å². The largest absolute Gasteiger partial charge is 0.508 e. The molecule has 1 heterocycles. The van der Waals surface area contributed by atoms with Gasteiger partial charge >= 0.3 is 5.63 Å². The van der Waals surface area contributed by atoms with Gasteiger partial charge in [-0.25, -0.2) is 4.79 Å². The second-order valence-corrected chi connectivity index (χ2v) is 6.22. The first kappa shape index (κ1) is 18.5. The lowest BCUT2D eigenvalue weighted by Gasteiger charge is -2.04. The molecule has 2 aromatic carbocycles. The monoisotopic (exact) mass is 362 g/mol. The third-order valence-electron chi connectivity index (χ3n) is 4.20. The van der Waals surface area contributed by atoms with Crippen molar-refractivity contribution in [2.45, 2.75) is 19.3 Å². The van der Waals surface area contributed by atoms with E-state index in [1.54, 1.807) is 25.3 Å². The van der Waals surface area contributed by atoms with Crippen molar-refractivity contribution < 1.29 is 14.3 Å². The number of phenolic OH excluding ortho intramolecular Hbond substituents is 1. The molecule has 4 nitrogen and oxygen atoms in total. The van der Waals surface area contributed by atoms with E-state index in [4.69, 9.17) is 9.15 Å². The van der Waals surface area contributed by atoms with Gasteiger partial charge < -0.3 is 14.3 Å². The van der Waals surface area contributed by atoms with Gasteiger partial charge in [0.2, 0.25) is 0 Å². The molecular formula is C23H22O4. The number of hydrogen-bond acceptors (Lipinski definition) is 4. The molecule has 0 amide bonds. The van der Waals surface area contributed by atoms with Crippen molar-refractivity contribution in [2.24, 2.45) is 0 Å². The van der Waals surface area contributed by atoms with E-state index in [1.165, 1.54) is 6.07 Å². The Morgan fingerprint density at radius 1 is 0.963 bits per heavy atom. The van der Waals surface area contributed by atoms with Crippen LogP contribution in [0.15, 0.2) is 69.9 Å². The van der Waals surface area contributed by atoms with Crippen LogP contribution in [0.3, 0.4) is 0 Å². The number of benzene rings is 2. The summed E-state index contributed by atoms with van der Waals surface area (Å²) in [6.07, 6.45) is 11.4. The van der Waals surface area contributed by atoms with Gasteiger partial charge in [0, 0.05) is 0 Å². The Bertz CT molecular complexity index is 1010. The first-order valence-electron chi connectivity index (χ1n) is 8.90. The number of unbranched alkanes of at least 4 members (excludes halogenated alkanes) is 2. The van der Waals surface area contributed by atoms with E-state index in [1.807, 2.05) is 24.3 Å². The molecule has 1 N–H and O–H groups in total. The van der Waals surface area contributed by atoms with Crippen molar-refractivity contribution in [1.82, 2.24) is 0 Å². The van der Waals surface area contributed by atoms with Gasteiger partial charge in [0.05, 0.1) is 18.6 Å². The number of methoxy groups -OCH3 is 1. The first-order chi connectivity index (χ1) is 13.2. The number of allylic oxidation sites excluding steroid dienone is 2. The Balaban J connectivity index is 1.54. The van der Waals surface area contributed by atoms with Gasteiger partial charge in [-0.15, -0.1) is 0 Å². The number of fused-ring (bicyclic) bond motifs is 1. The summed E-state index contributed by atoms with van der Waals surface area (Å²) in [5, 5.41) is 10.0. The predicted molar refractivity (Wildman–Crippen MR) is 109 cm³/mol. The van der Waals surface area contributed by atoms with Gasteiger partial charge in [-0.05, 0) is 54.7 Å². The van der Waals surface area contributed by atoms with Crippen molar-refractivity contribution >= 4 is 23.1 Å². The van der Waals surface area contributed by atoms with Gasteiger partial charge in [-0.3, -0.25) is 0 Å². The summed E-state index contributed by atoms with van der Waals surface area (Å²) in [7, 11) is 1.54. The zero-order chi connectivity index (χ0) is 19.1. The first-order valence-corrected chi connectivity index (χ1v) is 8.90. The van der Waals surface area contributed by atoms with E-state index in [2.05, 4.69) is 24.3 Å². The third kappa shape index (κ3) is 5.11. The molecule has 0 aliphatic rings. The predicted octanol–water partition coefficient (Wildman–Crippen LogP) is 5.40. The van der Waals surface area contributed by atoms with E-state index in [-0.39, 0.29) is 5.75 Å². The molecule has 0 spiro atoms. The van der Waals surface area contributed by atoms with Crippen LogP contribution in [-0.2, 0) is 0 Å². The van der Waals surface area contributed by atoms with Crippen LogP contribution in [0.2, 0.25) is 0 Å². The maximum Gasteiger partial charge on any atom is 0.339 e. The van der Waals surface area contributed by atoms with E-state index in [9.17, 15) is 9.90 Å². The second kappa shape index (κ2) is 8.90. The summed E-state index contributed by atoms with van der Waals surface area (Å²) in [4.78, 5) is 11.5.